The summed E-state index contributed by atoms with van der Waals surface area (Å²) >= 11 is 0. The van der Waals surface area contributed by atoms with E-state index in [1.54, 1.807) is 0 Å². The Balaban J connectivity index is 2.16. The zero-order chi connectivity index (χ0) is 13.2. The molecule has 1 aromatic heterocycles. The van der Waals surface area contributed by atoms with E-state index in [1.807, 2.05) is 4.90 Å². The summed E-state index contributed by atoms with van der Waals surface area (Å²) in [6.45, 7) is -3.39. The third-order valence-electron chi connectivity index (χ3n) is 2.96. The Labute approximate surface area is 102 Å². The van der Waals surface area contributed by atoms with E-state index in [0.717, 1.165) is 32.4 Å². The number of hydrogen-bond acceptors (Lipinski definition) is 3. The fourth-order valence-corrected chi connectivity index (χ4v) is 2.08. The molecule has 4 nitrogen and oxygen atoms in total. The lowest BCUT2D eigenvalue weighted by molar-refractivity contribution is 0.430. The van der Waals surface area contributed by atoms with Crippen molar-refractivity contribution in [2.75, 3.05) is 18.0 Å². The number of rotatable bonds is 3. The number of halogens is 3. The van der Waals surface area contributed by atoms with Crippen molar-refractivity contribution in [3.05, 3.63) is 22.6 Å². The van der Waals surface area contributed by atoms with Gasteiger partial charge in [-0.15, -0.1) is 0 Å². The van der Waals surface area contributed by atoms with E-state index in [-0.39, 0.29) is 0 Å². The van der Waals surface area contributed by atoms with Gasteiger partial charge in [-0.25, -0.2) is 0 Å². The van der Waals surface area contributed by atoms with Gasteiger partial charge >= 0.3 is 6.98 Å². The van der Waals surface area contributed by atoms with Gasteiger partial charge in [0.05, 0.1) is 11.9 Å². The zero-order valence-corrected chi connectivity index (χ0v) is 9.86. The van der Waals surface area contributed by atoms with Crippen molar-refractivity contribution in [1.29, 1.82) is 0 Å². The van der Waals surface area contributed by atoms with E-state index in [1.165, 1.54) is 12.3 Å². The molecule has 0 amide bonds. The molecule has 0 N–H and O–H groups in total. The van der Waals surface area contributed by atoms with E-state index < -0.39 is 19.0 Å². The Morgan fingerprint density at radius 2 is 1.89 bits per heavy atom. The summed E-state index contributed by atoms with van der Waals surface area (Å²) in [7, 11) is 0. The summed E-state index contributed by atoms with van der Waals surface area (Å²) in [6, 6.07) is 1.24. The summed E-state index contributed by atoms with van der Waals surface area (Å²) < 4.78 is 37.2. The van der Waals surface area contributed by atoms with Gasteiger partial charge in [-0.1, -0.05) is 0 Å². The molecule has 18 heavy (non-hydrogen) atoms. The molecule has 0 radical (unpaired) electrons. The van der Waals surface area contributed by atoms with Crippen molar-refractivity contribution in [1.82, 2.24) is 9.78 Å². The first-order valence-electron chi connectivity index (χ1n) is 5.99. The van der Waals surface area contributed by atoms with Crippen molar-refractivity contribution in [2.24, 2.45) is 0 Å². The molecule has 1 aliphatic heterocycles. The molecule has 0 spiro atoms. The predicted octanol–water partition coefficient (Wildman–Crippen LogP) is 1.62. The van der Waals surface area contributed by atoms with Crippen LogP contribution in [-0.4, -0.2) is 29.8 Å². The molecule has 2 rings (SSSR count). The summed E-state index contributed by atoms with van der Waals surface area (Å²) in [6.07, 6.45) is 3.29. The van der Waals surface area contributed by atoms with Crippen LogP contribution in [0.4, 0.5) is 18.6 Å². The van der Waals surface area contributed by atoms with Crippen LogP contribution in [0.1, 0.15) is 19.3 Å². The van der Waals surface area contributed by atoms with E-state index in [4.69, 9.17) is 0 Å². The standard InChI is InChI=1S/C10H14BF3N3O/c12-11(13,14)8-17-10(18)6-9(7-15-17)16-4-2-1-3-5-16/h6-7H,1-5,8H2/q-1. The lowest BCUT2D eigenvalue weighted by Gasteiger charge is -2.28. The van der Waals surface area contributed by atoms with Crippen molar-refractivity contribution in [2.45, 2.75) is 25.7 Å². The minimum absolute atomic E-state index is 0.466. The van der Waals surface area contributed by atoms with Crippen LogP contribution >= 0.6 is 0 Å². The van der Waals surface area contributed by atoms with Crippen molar-refractivity contribution in [3.8, 4) is 0 Å². The topological polar surface area (TPSA) is 38.1 Å². The monoisotopic (exact) mass is 260 g/mol. The molecule has 1 fully saturated rings. The smallest absolute Gasteiger partial charge is 0.448 e. The van der Waals surface area contributed by atoms with Gasteiger partial charge in [0.15, 0.2) is 0 Å². The van der Waals surface area contributed by atoms with Gasteiger partial charge in [0.2, 0.25) is 0 Å². The van der Waals surface area contributed by atoms with Crippen molar-refractivity contribution >= 4 is 12.7 Å². The highest BCUT2D eigenvalue weighted by molar-refractivity contribution is 6.57. The third-order valence-corrected chi connectivity index (χ3v) is 2.96. The van der Waals surface area contributed by atoms with Crippen LogP contribution in [0.2, 0.25) is 0 Å². The summed E-state index contributed by atoms with van der Waals surface area (Å²) in [5.74, 6) is 0. The molecular formula is C10H14BF3N3O-. The van der Waals surface area contributed by atoms with Crippen molar-refractivity contribution < 1.29 is 12.9 Å². The average molecular weight is 260 g/mol. The Morgan fingerprint density at radius 3 is 2.44 bits per heavy atom. The van der Waals surface area contributed by atoms with Crippen molar-refractivity contribution in [3.63, 3.8) is 0 Å². The Morgan fingerprint density at radius 1 is 1.22 bits per heavy atom. The second-order valence-corrected chi connectivity index (χ2v) is 4.49. The van der Waals surface area contributed by atoms with E-state index >= 15 is 0 Å². The van der Waals surface area contributed by atoms with Crippen LogP contribution in [0, 0.1) is 0 Å². The lowest BCUT2D eigenvalue weighted by atomic mass is 9.93. The van der Waals surface area contributed by atoms with Gasteiger partial charge in [0, 0.05) is 25.6 Å². The first-order chi connectivity index (χ1) is 8.46. The van der Waals surface area contributed by atoms with E-state index in [0.29, 0.717) is 10.4 Å². The molecule has 0 aromatic carbocycles. The first kappa shape index (κ1) is 13.0. The van der Waals surface area contributed by atoms with E-state index in [2.05, 4.69) is 5.10 Å². The maximum Gasteiger partial charge on any atom is 0.499 e. The number of nitrogens with zero attached hydrogens (tertiary/aromatic N) is 3. The predicted molar refractivity (Wildman–Crippen MR) is 63.6 cm³/mol. The van der Waals surface area contributed by atoms with Crippen LogP contribution in [-0.2, 0) is 6.44 Å². The fraction of sp³-hybridized carbons (Fsp3) is 0.600. The molecule has 0 atom stereocenters. The lowest BCUT2D eigenvalue weighted by Crippen LogP contribution is -2.35. The Hall–Kier alpha value is -1.47. The number of aromatic nitrogens is 2. The summed E-state index contributed by atoms with van der Waals surface area (Å²) in [5, 5.41) is 3.60. The molecule has 1 aromatic rings. The minimum Gasteiger partial charge on any atom is -0.448 e. The Bertz CT molecular complexity index is 468. The molecule has 1 aliphatic rings. The van der Waals surface area contributed by atoms with Gasteiger partial charge in [-0.2, -0.15) is 5.10 Å². The molecule has 0 bridgehead atoms. The summed E-state index contributed by atoms with van der Waals surface area (Å²) in [5.41, 5.74) is -0.0807. The highest BCUT2D eigenvalue weighted by Crippen LogP contribution is 2.17. The molecule has 100 valence electrons. The van der Waals surface area contributed by atoms with Crippen LogP contribution in [0.5, 0.6) is 0 Å². The fourth-order valence-electron chi connectivity index (χ4n) is 2.08. The number of anilines is 1. The maximum atomic E-state index is 12.2. The second kappa shape index (κ2) is 5.03. The van der Waals surface area contributed by atoms with Crippen LogP contribution in [0.25, 0.3) is 0 Å². The average Bonchev–Trinajstić information content (AvgIpc) is 2.31. The quantitative estimate of drug-likeness (QED) is 0.775. The van der Waals surface area contributed by atoms with Gasteiger partial charge in [-0.3, -0.25) is 9.48 Å². The molecule has 0 aliphatic carbocycles. The molecule has 2 heterocycles. The van der Waals surface area contributed by atoms with Gasteiger partial charge in [0.25, 0.3) is 5.56 Å². The minimum atomic E-state index is -5.04. The summed E-state index contributed by atoms with van der Waals surface area (Å²) in [4.78, 5) is 13.5. The Kier molecular flexibility index (Phi) is 3.63. The van der Waals surface area contributed by atoms with E-state index in [9.17, 15) is 17.7 Å². The normalized spacial score (nSPS) is 16.9. The number of hydrogen-bond donors (Lipinski definition) is 0. The van der Waals surface area contributed by atoms with Gasteiger partial charge in [-0.05, 0) is 19.3 Å². The highest BCUT2D eigenvalue weighted by atomic mass is 19.4. The largest absolute Gasteiger partial charge is 0.499 e. The molecule has 0 unspecified atom stereocenters. The zero-order valence-electron chi connectivity index (χ0n) is 9.86. The molecule has 0 saturated carbocycles. The maximum absolute atomic E-state index is 12.2. The van der Waals surface area contributed by atoms with Crippen LogP contribution < -0.4 is 10.5 Å². The molecule has 8 heteroatoms. The SMILES string of the molecule is O=c1cc(N2CCCCC2)cnn1C[B-](F)(F)F. The first-order valence-corrected chi connectivity index (χ1v) is 5.99. The van der Waals surface area contributed by atoms with Crippen LogP contribution in [0.3, 0.4) is 0 Å². The van der Waals surface area contributed by atoms with Crippen LogP contribution in [0.15, 0.2) is 17.1 Å². The molecule has 1 saturated heterocycles. The third kappa shape index (κ3) is 3.27. The number of piperidine rings is 1. The second-order valence-electron chi connectivity index (χ2n) is 4.49. The highest BCUT2D eigenvalue weighted by Gasteiger charge is 2.25. The van der Waals surface area contributed by atoms with Gasteiger partial charge < -0.3 is 17.8 Å². The molecular weight excluding hydrogens is 246 g/mol. The van der Waals surface area contributed by atoms with Gasteiger partial charge in [0.1, 0.15) is 0 Å².